The number of rotatable bonds is 1. The molecule has 1 aromatic carbocycles. The lowest BCUT2D eigenvalue weighted by Crippen LogP contribution is -1.73. The van der Waals surface area contributed by atoms with Crippen molar-refractivity contribution in [3.05, 3.63) is 35.9 Å². The lowest BCUT2D eigenvalue weighted by atomic mass is 10.1. The fourth-order valence-electron chi connectivity index (χ4n) is 1.14. The van der Waals surface area contributed by atoms with Crippen molar-refractivity contribution in [2.75, 3.05) is 0 Å². The number of hydrogen-bond acceptors (Lipinski definition) is 1. The zero-order valence-electron chi connectivity index (χ0n) is 9.36. The molecule has 0 amide bonds. The smallest absolute Gasteiger partial charge is 0.116 e. The molecule has 0 unspecified atom stereocenters. The van der Waals surface area contributed by atoms with Gasteiger partial charge in [0.15, 0.2) is 0 Å². The predicted octanol–water partition coefficient (Wildman–Crippen LogP) is 3.80. The molecule has 1 saturated carbocycles. The third-order valence-electron chi connectivity index (χ3n) is 1.85. The number of benzene rings is 1. The average molecular weight is 192 g/mol. The van der Waals surface area contributed by atoms with Crippen LogP contribution in [0.15, 0.2) is 30.3 Å². The van der Waals surface area contributed by atoms with E-state index < -0.39 is 0 Å². The maximum absolute atomic E-state index is 8.81. The normalized spacial score (nSPS) is 12.8. The molecule has 0 spiro atoms. The summed E-state index contributed by atoms with van der Waals surface area (Å²) < 4.78 is 0. The summed E-state index contributed by atoms with van der Waals surface area (Å²) in [6.07, 6.45) is 3.56. The summed E-state index contributed by atoms with van der Waals surface area (Å²) in [7, 11) is 0. The molecule has 1 aromatic rings. The van der Waals surface area contributed by atoms with Crippen LogP contribution in [0.3, 0.4) is 0 Å². The topological polar surface area (TPSA) is 17.1 Å². The molecule has 2 rings (SSSR count). The molecule has 0 radical (unpaired) electrons. The van der Waals surface area contributed by atoms with Gasteiger partial charge < -0.3 is 4.79 Å². The van der Waals surface area contributed by atoms with Crippen LogP contribution in [0.4, 0.5) is 0 Å². The Labute approximate surface area is 87.2 Å². The zero-order chi connectivity index (χ0) is 10.8. The summed E-state index contributed by atoms with van der Waals surface area (Å²) in [5.74, 6) is 0.909. The summed E-state index contributed by atoms with van der Waals surface area (Å²) in [5.41, 5.74) is 1.53. The molecule has 78 valence electrons. The van der Waals surface area contributed by atoms with Crippen LogP contribution in [0, 0.1) is 0 Å². The Bertz CT molecular complexity index is 224. The van der Waals surface area contributed by atoms with Crippen LogP contribution < -0.4 is 0 Å². The van der Waals surface area contributed by atoms with Gasteiger partial charge in [-0.15, -0.1) is 0 Å². The molecule has 0 atom stereocenters. The highest BCUT2D eigenvalue weighted by Gasteiger charge is 2.22. The quantitative estimate of drug-likeness (QED) is 0.619. The molecule has 1 nitrogen and oxygen atoms in total. The van der Waals surface area contributed by atoms with Gasteiger partial charge in [-0.1, -0.05) is 44.2 Å². The van der Waals surface area contributed by atoms with E-state index >= 15 is 0 Å². The van der Waals surface area contributed by atoms with E-state index in [0.29, 0.717) is 0 Å². The maximum atomic E-state index is 8.81. The van der Waals surface area contributed by atoms with Crippen LogP contribution in [0.25, 0.3) is 0 Å². The highest BCUT2D eigenvalue weighted by Crippen LogP contribution is 2.39. The van der Waals surface area contributed by atoms with Gasteiger partial charge in [-0.3, -0.25) is 0 Å². The zero-order valence-corrected chi connectivity index (χ0v) is 9.36. The van der Waals surface area contributed by atoms with Crippen molar-refractivity contribution in [1.29, 1.82) is 0 Å². The van der Waals surface area contributed by atoms with E-state index in [-0.39, 0.29) is 0 Å². The molecular formula is C13H20O. The second-order valence-electron chi connectivity index (χ2n) is 2.92. The van der Waals surface area contributed by atoms with E-state index in [1.54, 1.807) is 0 Å². The van der Waals surface area contributed by atoms with Crippen molar-refractivity contribution in [3.8, 4) is 0 Å². The lowest BCUT2D eigenvalue weighted by molar-refractivity contribution is -0.106. The van der Waals surface area contributed by atoms with E-state index in [4.69, 9.17) is 4.79 Å². The summed E-state index contributed by atoms with van der Waals surface area (Å²) >= 11 is 0. The van der Waals surface area contributed by atoms with Crippen LogP contribution in [-0.2, 0) is 4.79 Å². The minimum atomic E-state index is 0.750. The van der Waals surface area contributed by atoms with Gasteiger partial charge in [0.25, 0.3) is 0 Å². The highest BCUT2D eigenvalue weighted by atomic mass is 16.1. The van der Waals surface area contributed by atoms with E-state index in [1.165, 1.54) is 25.3 Å². The standard InChI is InChI=1S/C9H10.C2H4O.C2H6/c1-2-4-8(5-3-1)9-6-7-9;1-2-3;1-2/h1-5,9H,6-7H2;2H,1H3;1-2H3. The fourth-order valence-corrected chi connectivity index (χ4v) is 1.14. The Balaban J connectivity index is 0.000000294. The fraction of sp³-hybridized carbons (Fsp3) is 0.462. The molecule has 0 bridgehead atoms. The number of hydrogen-bond donors (Lipinski definition) is 0. The Morgan fingerprint density at radius 2 is 1.57 bits per heavy atom. The van der Waals surface area contributed by atoms with Gasteiger partial charge in [0.05, 0.1) is 0 Å². The van der Waals surface area contributed by atoms with Crippen molar-refractivity contribution >= 4 is 6.29 Å². The van der Waals surface area contributed by atoms with Crippen LogP contribution >= 0.6 is 0 Å². The molecule has 0 aromatic heterocycles. The second kappa shape index (κ2) is 8.49. The summed E-state index contributed by atoms with van der Waals surface area (Å²) in [6, 6.07) is 10.8. The Kier molecular flexibility index (Phi) is 7.81. The van der Waals surface area contributed by atoms with E-state index in [2.05, 4.69) is 30.3 Å². The van der Waals surface area contributed by atoms with Crippen molar-refractivity contribution in [3.63, 3.8) is 0 Å². The Morgan fingerprint density at radius 3 is 1.93 bits per heavy atom. The van der Waals surface area contributed by atoms with Crippen LogP contribution in [0.1, 0.15) is 45.1 Å². The molecule has 1 fully saturated rings. The van der Waals surface area contributed by atoms with Gasteiger partial charge in [-0.25, -0.2) is 0 Å². The van der Waals surface area contributed by atoms with Crippen LogP contribution in [0.5, 0.6) is 0 Å². The van der Waals surface area contributed by atoms with Crippen LogP contribution in [-0.4, -0.2) is 6.29 Å². The molecule has 14 heavy (non-hydrogen) atoms. The first-order valence-corrected chi connectivity index (χ1v) is 5.33. The molecule has 0 N–H and O–H groups in total. The summed E-state index contributed by atoms with van der Waals surface area (Å²) in [5, 5.41) is 0. The molecule has 0 saturated heterocycles. The molecule has 0 aliphatic heterocycles. The second-order valence-corrected chi connectivity index (χ2v) is 2.92. The SMILES string of the molecule is CC.CC=O.c1ccc(C2CC2)cc1. The average Bonchev–Trinajstić information content (AvgIpc) is 3.07. The molecule has 1 heteroatoms. The highest BCUT2D eigenvalue weighted by molar-refractivity contribution is 5.44. The summed E-state index contributed by atoms with van der Waals surface area (Å²) in [4.78, 5) is 8.81. The third-order valence-corrected chi connectivity index (χ3v) is 1.85. The third kappa shape index (κ3) is 5.52. The molecule has 0 heterocycles. The summed E-state index contributed by atoms with van der Waals surface area (Å²) in [6.45, 7) is 5.44. The molecule has 1 aliphatic rings. The Hall–Kier alpha value is -1.11. The minimum absolute atomic E-state index is 0.750. The molecular weight excluding hydrogens is 172 g/mol. The van der Waals surface area contributed by atoms with Gasteiger partial charge in [0, 0.05) is 0 Å². The van der Waals surface area contributed by atoms with Crippen molar-refractivity contribution in [2.24, 2.45) is 0 Å². The number of aldehydes is 1. The maximum Gasteiger partial charge on any atom is 0.116 e. The first kappa shape index (κ1) is 12.9. The molecule has 1 aliphatic carbocycles. The van der Waals surface area contributed by atoms with Crippen molar-refractivity contribution < 1.29 is 4.79 Å². The van der Waals surface area contributed by atoms with Gasteiger partial charge in [-0.2, -0.15) is 0 Å². The van der Waals surface area contributed by atoms with Crippen LogP contribution in [0.2, 0.25) is 0 Å². The van der Waals surface area contributed by atoms with Gasteiger partial charge in [-0.05, 0) is 31.2 Å². The first-order chi connectivity index (χ1) is 6.88. The number of carbonyl (C=O) groups is 1. The van der Waals surface area contributed by atoms with E-state index in [1.807, 2.05) is 13.8 Å². The van der Waals surface area contributed by atoms with Crippen molar-refractivity contribution in [1.82, 2.24) is 0 Å². The lowest BCUT2D eigenvalue weighted by Gasteiger charge is -1.92. The predicted molar refractivity (Wildman–Crippen MR) is 61.5 cm³/mol. The van der Waals surface area contributed by atoms with Crippen molar-refractivity contribution in [2.45, 2.75) is 39.5 Å². The van der Waals surface area contributed by atoms with E-state index in [9.17, 15) is 0 Å². The van der Waals surface area contributed by atoms with E-state index in [0.717, 1.165) is 12.2 Å². The van der Waals surface area contributed by atoms with Gasteiger partial charge in [0.1, 0.15) is 6.29 Å². The number of carbonyl (C=O) groups excluding carboxylic acids is 1. The first-order valence-electron chi connectivity index (χ1n) is 5.33. The Morgan fingerprint density at radius 1 is 1.14 bits per heavy atom. The largest absolute Gasteiger partial charge is 0.304 e. The minimum Gasteiger partial charge on any atom is -0.304 e. The van der Waals surface area contributed by atoms with Gasteiger partial charge >= 0.3 is 0 Å². The van der Waals surface area contributed by atoms with Gasteiger partial charge in [0.2, 0.25) is 0 Å². The monoisotopic (exact) mass is 192 g/mol.